The minimum atomic E-state index is -3.76. The van der Waals surface area contributed by atoms with Gasteiger partial charge in [0.05, 0.1) is 26.5 Å². The van der Waals surface area contributed by atoms with Crippen LogP contribution in [0.2, 0.25) is 5.02 Å². The summed E-state index contributed by atoms with van der Waals surface area (Å²) in [6.45, 7) is 3.44. The van der Waals surface area contributed by atoms with E-state index < -0.39 is 15.9 Å². The van der Waals surface area contributed by atoms with Gasteiger partial charge in [0.1, 0.15) is 5.82 Å². The Labute approximate surface area is 190 Å². The van der Waals surface area contributed by atoms with Crippen molar-refractivity contribution >= 4 is 44.3 Å². The first-order valence-electron chi connectivity index (χ1n) is 9.91. The van der Waals surface area contributed by atoms with Crippen LogP contribution in [0.5, 0.6) is 0 Å². The number of carbonyl (C=O) groups is 1. The molecule has 3 aromatic carbocycles. The van der Waals surface area contributed by atoms with E-state index >= 15 is 0 Å². The number of imidazole rings is 1. The number of para-hydroxylation sites is 2. The third kappa shape index (κ3) is 4.67. The highest BCUT2D eigenvalue weighted by Gasteiger charge is 2.20. The third-order valence-corrected chi connectivity index (χ3v) is 6.65. The van der Waals surface area contributed by atoms with Crippen LogP contribution in [0, 0.1) is 0 Å². The maximum Gasteiger partial charge on any atom is 0.257 e. The smallest absolute Gasteiger partial charge is 0.257 e. The number of nitrogens with zero attached hydrogens (tertiary/aromatic N) is 1. The van der Waals surface area contributed by atoms with Crippen LogP contribution in [0.25, 0.3) is 22.4 Å². The second-order valence-electron chi connectivity index (χ2n) is 7.56. The zero-order chi connectivity index (χ0) is 22.9. The highest BCUT2D eigenvalue weighted by molar-refractivity contribution is 7.89. The van der Waals surface area contributed by atoms with Gasteiger partial charge in [-0.1, -0.05) is 35.9 Å². The largest absolute Gasteiger partial charge is 0.338 e. The van der Waals surface area contributed by atoms with Crippen molar-refractivity contribution in [1.82, 2.24) is 14.7 Å². The maximum atomic E-state index is 12.9. The minimum Gasteiger partial charge on any atom is -0.338 e. The van der Waals surface area contributed by atoms with Crippen molar-refractivity contribution in [1.29, 1.82) is 0 Å². The lowest BCUT2D eigenvalue weighted by Gasteiger charge is -2.12. The van der Waals surface area contributed by atoms with Crippen LogP contribution in [0.3, 0.4) is 0 Å². The molecule has 4 aromatic rings. The molecule has 0 fully saturated rings. The van der Waals surface area contributed by atoms with Gasteiger partial charge in [-0.25, -0.2) is 18.1 Å². The van der Waals surface area contributed by atoms with Crippen LogP contribution in [0.4, 0.5) is 5.69 Å². The number of rotatable bonds is 6. The van der Waals surface area contributed by atoms with E-state index in [1.807, 2.05) is 30.3 Å². The fourth-order valence-electron chi connectivity index (χ4n) is 3.26. The molecule has 0 radical (unpaired) electrons. The number of aromatic nitrogens is 2. The summed E-state index contributed by atoms with van der Waals surface area (Å²) >= 11 is 6.19. The fourth-order valence-corrected chi connectivity index (χ4v) is 4.74. The molecule has 0 unspecified atom stereocenters. The van der Waals surface area contributed by atoms with Gasteiger partial charge in [-0.2, -0.15) is 0 Å². The van der Waals surface area contributed by atoms with Crippen molar-refractivity contribution in [2.75, 3.05) is 5.32 Å². The number of fused-ring (bicyclic) bond motifs is 1. The first-order valence-corrected chi connectivity index (χ1v) is 11.8. The predicted molar refractivity (Wildman–Crippen MR) is 126 cm³/mol. The van der Waals surface area contributed by atoms with Gasteiger partial charge in [0.15, 0.2) is 0 Å². The number of aromatic amines is 1. The van der Waals surface area contributed by atoms with E-state index in [4.69, 9.17) is 11.6 Å². The molecule has 0 saturated carbocycles. The Hall–Kier alpha value is -3.20. The van der Waals surface area contributed by atoms with Crippen LogP contribution in [0.1, 0.15) is 24.2 Å². The lowest BCUT2D eigenvalue weighted by Crippen LogP contribution is -2.30. The van der Waals surface area contributed by atoms with E-state index in [1.54, 1.807) is 32.0 Å². The Morgan fingerprint density at radius 2 is 1.81 bits per heavy atom. The average molecular weight is 469 g/mol. The number of H-pyrrole nitrogens is 1. The van der Waals surface area contributed by atoms with Crippen molar-refractivity contribution in [3.05, 3.63) is 77.3 Å². The summed E-state index contributed by atoms with van der Waals surface area (Å²) in [4.78, 5) is 20.7. The summed E-state index contributed by atoms with van der Waals surface area (Å²) < 4.78 is 27.4. The summed E-state index contributed by atoms with van der Waals surface area (Å²) in [6.07, 6.45) is 0. The highest BCUT2D eigenvalue weighted by atomic mass is 35.5. The summed E-state index contributed by atoms with van der Waals surface area (Å²) in [5.41, 5.74) is 3.14. The Kier molecular flexibility index (Phi) is 6.01. The molecule has 0 atom stereocenters. The van der Waals surface area contributed by atoms with E-state index in [1.165, 1.54) is 18.2 Å². The van der Waals surface area contributed by atoms with Gasteiger partial charge in [-0.3, -0.25) is 4.79 Å². The summed E-state index contributed by atoms with van der Waals surface area (Å²) in [6, 6.07) is 18.6. The quantitative estimate of drug-likeness (QED) is 0.377. The maximum absolute atomic E-state index is 12.9. The number of hydrogen-bond donors (Lipinski definition) is 3. The molecule has 1 heterocycles. The van der Waals surface area contributed by atoms with Gasteiger partial charge in [0, 0.05) is 17.3 Å². The van der Waals surface area contributed by atoms with E-state index in [2.05, 4.69) is 20.0 Å². The molecule has 0 aliphatic carbocycles. The van der Waals surface area contributed by atoms with Crippen LogP contribution >= 0.6 is 11.6 Å². The molecule has 32 heavy (non-hydrogen) atoms. The fraction of sp³-hybridized carbons (Fsp3) is 0.130. The molecule has 1 amide bonds. The van der Waals surface area contributed by atoms with E-state index in [9.17, 15) is 13.2 Å². The average Bonchev–Trinajstić information content (AvgIpc) is 3.17. The van der Waals surface area contributed by atoms with E-state index in [-0.39, 0.29) is 21.5 Å². The molecule has 0 spiro atoms. The van der Waals surface area contributed by atoms with Crippen molar-refractivity contribution in [2.45, 2.75) is 24.8 Å². The number of amides is 1. The van der Waals surface area contributed by atoms with Gasteiger partial charge in [-0.15, -0.1) is 0 Å². The molecule has 0 aliphatic rings. The number of benzene rings is 3. The Balaban J connectivity index is 1.61. The van der Waals surface area contributed by atoms with Crippen molar-refractivity contribution in [3.8, 4) is 11.4 Å². The Morgan fingerprint density at radius 3 is 2.56 bits per heavy atom. The van der Waals surface area contributed by atoms with Crippen LogP contribution < -0.4 is 10.0 Å². The molecule has 0 aliphatic heterocycles. The van der Waals surface area contributed by atoms with Crippen molar-refractivity contribution in [3.63, 3.8) is 0 Å². The lowest BCUT2D eigenvalue weighted by molar-refractivity contribution is 0.102. The molecular weight excluding hydrogens is 448 g/mol. The Morgan fingerprint density at radius 1 is 1.03 bits per heavy atom. The molecule has 9 heteroatoms. The molecule has 1 aromatic heterocycles. The first-order chi connectivity index (χ1) is 15.2. The van der Waals surface area contributed by atoms with Gasteiger partial charge in [0.2, 0.25) is 10.0 Å². The zero-order valence-corrected chi connectivity index (χ0v) is 19.0. The number of sulfonamides is 1. The van der Waals surface area contributed by atoms with E-state index in [0.717, 1.165) is 16.6 Å². The van der Waals surface area contributed by atoms with Gasteiger partial charge in [0.25, 0.3) is 5.91 Å². The van der Waals surface area contributed by atoms with Gasteiger partial charge >= 0.3 is 0 Å². The van der Waals surface area contributed by atoms with Crippen LogP contribution in [0.15, 0.2) is 71.6 Å². The highest BCUT2D eigenvalue weighted by Crippen LogP contribution is 2.25. The van der Waals surface area contributed by atoms with E-state index in [0.29, 0.717) is 11.5 Å². The third-order valence-electron chi connectivity index (χ3n) is 4.67. The number of carbonyl (C=O) groups excluding carboxylic acids is 1. The number of anilines is 1. The van der Waals surface area contributed by atoms with Crippen LogP contribution in [-0.4, -0.2) is 30.3 Å². The minimum absolute atomic E-state index is 0.0308. The SMILES string of the molecule is CC(C)NS(=O)(=O)c1ccc(Cl)c(C(=O)Nc2cccc(-c3nc4ccccc4[nH]3)c2)c1. The lowest BCUT2D eigenvalue weighted by atomic mass is 10.1. The zero-order valence-electron chi connectivity index (χ0n) is 17.4. The number of hydrogen-bond acceptors (Lipinski definition) is 4. The second-order valence-corrected chi connectivity index (χ2v) is 9.68. The predicted octanol–water partition coefficient (Wildman–Crippen LogP) is 4.82. The normalized spacial score (nSPS) is 11.8. The first kappa shape index (κ1) is 22.0. The molecule has 7 nitrogen and oxygen atoms in total. The van der Waals surface area contributed by atoms with Gasteiger partial charge < -0.3 is 10.3 Å². The molecule has 0 saturated heterocycles. The van der Waals surface area contributed by atoms with Crippen molar-refractivity contribution < 1.29 is 13.2 Å². The van der Waals surface area contributed by atoms with Crippen molar-refractivity contribution in [2.24, 2.45) is 0 Å². The summed E-state index contributed by atoms with van der Waals surface area (Å²) in [5.74, 6) is 0.159. The Bertz CT molecular complexity index is 1380. The molecule has 0 bridgehead atoms. The number of halogens is 1. The van der Waals surface area contributed by atoms with Crippen LogP contribution in [-0.2, 0) is 10.0 Å². The monoisotopic (exact) mass is 468 g/mol. The topological polar surface area (TPSA) is 104 Å². The van der Waals surface area contributed by atoms with Gasteiger partial charge in [-0.05, 0) is 56.3 Å². The summed E-state index contributed by atoms with van der Waals surface area (Å²) in [7, 11) is -3.76. The molecule has 164 valence electrons. The molecule has 4 rings (SSSR count). The molecular formula is C23H21ClN4O3S. The molecule has 3 N–H and O–H groups in total. The standard InChI is InChI=1S/C23H21ClN4O3S/c1-14(2)28-32(30,31)17-10-11-19(24)18(13-17)23(29)25-16-7-5-6-15(12-16)22-26-20-8-3-4-9-21(20)27-22/h3-14,28H,1-2H3,(H,25,29)(H,26,27). The second kappa shape index (κ2) is 8.74. The summed E-state index contributed by atoms with van der Waals surface area (Å²) in [5, 5.41) is 2.93. The number of nitrogens with one attached hydrogen (secondary N) is 3.